The lowest BCUT2D eigenvalue weighted by Gasteiger charge is -2.32. The molecule has 0 unspecified atom stereocenters. The van der Waals surface area contributed by atoms with E-state index < -0.39 is 0 Å². The summed E-state index contributed by atoms with van der Waals surface area (Å²) in [5.41, 5.74) is 1.30. The molecule has 0 bridgehead atoms. The van der Waals surface area contributed by atoms with E-state index in [0.717, 1.165) is 32.5 Å². The van der Waals surface area contributed by atoms with Crippen molar-refractivity contribution in [1.29, 1.82) is 0 Å². The van der Waals surface area contributed by atoms with Crippen molar-refractivity contribution in [1.82, 2.24) is 15.2 Å². The van der Waals surface area contributed by atoms with Gasteiger partial charge in [-0.15, -0.1) is 36.2 Å². The standard InChI is InChI=1S/C20H26N4O2S.2ClH/c1-21-10-7-15-8-11-24(12-9-15)18(25)13-17-14-27-20(22-17)23-19(26)16-5-3-2-4-6-16;;/h2-6,14-15,21H,7-13H2,1H3,(H,22,23,26);2*1H. The number of rotatable bonds is 7. The number of amides is 2. The van der Waals surface area contributed by atoms with Crippen LogP contribution < -0.4 is 10.6 Å². The van der Waals surface area contributed by atoms with E-state index in [4.69, 9.17) is 0 Å². The first kappa shape index (κ1) is 25.4. The third-order valence-corrected chi connectivity index (χ3v) is 5.72. The molecule has 160 valence electrons. The van der Waals surface area contributed by atoms with Gasteiger partial charge in [-0.3, -0.25) is 14.9 Å². The molecule has 2 amide bonds. The molecule has 0 saturated carbocycles. The number of carbonyl (C=O) groups excluding carboxylic acids is 2. The first-order valence-electron chi connectivity index (χ1n) is 9.39. The highest BCUT2D eigenvalue weighted by Crippen LogP contribution is 2.22. The minimum Gasteiger partial charge on any atom is -0.342 e. The number of benzene rings is 1. The molecule has 0 spiro atoms. The number of halogens is 2. The number of anilines is 1. The van der Waals surface area contributed by atoms with Gasteiger partial charge in [0, 0.05) is 24.0 Å². The Morgan fingerprint density at radius 2 is 1.86 bits per heavy atom. The minimum atomic E-state index is -0.188. The number of carbonyl (C=O) groups is 2. The normalized spacial score (nSPS) is 13.9. The number of nitrogens with zero attached hydrogens (tertiary/aromatic N) is 2. The summed E-state index contributed by atoms with van der Waals surface area (Å²) in [7, 11) is 1.98. The predicted molar refractivity (Wildman–Crippen MR) is 123 cm³/mol. The molecule has 1 aromatic carbocycles. The van der Waals surface area contributed by atoms with E-state index in [1.54, 1.807) is 12.1 Å². The molecule has 0 radical (unpaired) electrons. The number of nitrogens with one attached hydrogen (secondary N) is 2. The van der Waals surface area contributed by atoms with Gasteiger partial charge in [0.15, 0.2) is 5.13 Å². The van der Waals surface area contributed by atoms with Crippen molar-refractivity contribution in [3.8, 4) is 0 Å². The molecular formula is C20H28Cl2N4O2S. The molecule has 0 atom stereocenters. The molecule has 1 fully saturated rings. The van der Waals surface area contributed by atoms with E-state index in [1.807, 2.05) is 35.5 Å². The molecule has 6 nitrogen and oxygen atoms in total. The summed E-state index contributed by atoms with van der Waals surface area (Å²) in [5, 5.41) is 8.36. The van der Waals surface area contributed by atoms with Crippen LogP contribution in [0, 0.1) is 5.92 Å². The Hall–Kier alpha value is -1.67. The van der Waals surface area contributed by atoms with Crippen LogP contribution in [0.5, 0.6) is 0 Å². The fourth-order valence-corrected chi connectivity index (χ4v) is 4.00. The maximum absolute atomic E-state index is 12.5. The molecule has 1 aliphatic heterocycles. The van der Waals surface area contributed by atoms with Crippen molar-refractivity contribution in [3.63, 3.8) is 0 Å². The van der Waals surface area contributed by atoms with E-state index >= 15 is 0 Å². The number of hydrogen-bond acceptors (Lipinski definition) is 5. The molecule has 1 saturated heterocycles. The highest BCUT2D eigenvalue weighted by atomic mass is 35.5. The van der Waals surface area contributed by atoms with Crippen LogP contribution in [0.1, 0.15) is 35.3 Å². The lowest BCUT2D eigenvalue weighted by molar-refractivity contribution is -0.131. The lowest BCUT2D eigenvalue weighted by Crippen LogP contribution is -2.39. The molecule has 0 aliphatic carbocycles. The highest BCUT2D eigenvalue weighted by molar-refractivity contribution is 7.14. The van der Waals surface area contributed by atoms with Crippen LogP contribution in [0.4, 0.5) is 5.13 Å². The summed E-state index contributed by atoms with van der Waals surface area (Å²) >= 11 is 1.35. The van der Waals surface area contributed by atoms with Crippen molar-refractivity contribution in [2.75, 3.05) is 32.0 Å². The van der Waals surface area contributed by atoms with E-state index in [1.165, 1.54) is 17.8 Å². The maximum atomic E-state index is 12.5. The van der Waals surface area contributed by atoms with E-state index in [2.05, 4.69) is 15.6 Å². The Morgan fingerprint density at radius 3 is 2.52 bits per heavy atom. The topological polar surface area (TPSA) is 74.3 Å². The Morgan fingerprint density at radius 1 is 1.17 bits per heavy atom. The van der Waals surface area contributed by atoms with Gasteiger partial charge in [-0.05, 0) is 50.9 Å². The number of aromatic nitrogens is 1. The van der Waals surface area contributed by atoms with E-state index in [0.29, 0.717) is 28.7 Å². The Bertz CT molecular complexity index is 765. The Labute approximate surface area is 188 Å². The van der Waals surface area contributed by atoms with Gasteiger partial charge < -0.3 is 10.2 Å². The van der Waals surface area contributed by atoms with Crippen molar-refractivity contribution in [2.24, 2.45) is 5.92 Å². The average Bonchev–Trinajstić information content (AvgIpc) is 3.14. The molecule has 2 heterocycles. The van der Waals surface area contributed by atoms with Crippen LogP contribution in [0.25, 0.3) is 0 Å². The fourth-order valence-electron chi connectivity index (χ4n) is 3.29. The van der Waals surface area contributed by atoms with Gasteiger partial charge in [0.1, 0.15) is 0 Å². The zero-order valence-electron chi connectivity index (χ0n) is 16.4. The quantitative estimate of drug-likeness (QED) is 0.663. The second-order valence-electron chi connectivity index (χ2n) is 6.86. The van der Waals surface area contributed by atoms with Crippen LogP contribution >= 0.6 is 36.2 Å². The van der Waals surface area contributed by atoms with Gasteiger partial charge in [0.2, 0.25) is 5.91 Å². The fraction of sp³-hybridized carbons (Fsp3) is 0.450. The Kier molecular flexibility index (Phi) is 11.2. The molecule has 1 aromatic heterocycles. The first-order chi connectivity index (χ1) is 13.2. The predicted octanol–water partition coefficient (Wildman–Crippen LogP) is 3.63. The van der Waals surface area contributed by atoms with Crippen molar-refractivity contribution in [2.45, 2.75) is 25.7 Å². The van der Waals surface area contributed by atoms with Crippen LogP contribution in [0.3, 0.4) is 0 Å². The first-order valence-corrected chi connectivity index (χ1v) is 10.3. The van der Waals surface area contributed by atoms with Crippen molar-refractivity contribution < 1.29 is 9.59 Å². The van der Waals surface area contributed by atoms with E-state index in [9.17, 15) is 9.59 Å². The zero-order chi connectivity index (χ0) is 19.1. The summed E-state index contributed by atoms with van der Waals surface area (Å²) in [4.78, 5) is 31.0. The molecule has 9 heteroatoms. The molecule has 29 heavy (non-hydrogen) atoms. The third-order valence-electron chi connectivity index (χ3n) is 4.91. The average molecular weight is 459 g/mol. The molecular weight excluding hydrogens is 431 g/mol. The van der Waals surface area contributed by atoms with Gasteiger partial charge in [0.05, 0.1) is 12.1 Å². The van der Waals surface area contributed by atoms with Gasteiger partial charge in [-0.2, -0.15) is 0 Å². The summed E-state index contributed by atoms with van der Waals surface area (Å²) in [6, 6.07) is 9.03. The van der Waals surface area contributed by atoms with Gasteiger partial charge in [-0.1, -0.05) is 18.2 Å². The summed E-state index contributed by atoms with van der Waals surface area (Å²) < 4.78 is 0. The smallest absolute Gasteiger partial charge is 0.257 e. The van der Waals surface area contributed by atoms with Crippen LogP contribution in [0.15, 0.2) is 35.7 Å². The second-order valence-corrected chi connectivity index (χ2v) is 7.72. The van der Waals surface area contributed by atoms with E-state index in [-0.39, 0.29) is 36.6 Å². The van der Waals surface area contributed by atoms with Crippen LogP contribution in [-0.2, 0) is 11.2 Å². The Balaban J connectivity index is 0.00000210. The monoisotopic (exact) mass is 458 g/mol. The van der Waals surface area contributed by atoms with Gasteiger partial charge >= 0.3 is 0 Å². The third kappa shape index (κ3) is 7.59. The second kappa shape index (κ2) is 12.8. The molecule has 2 N–H and O–H groups in total. The SMILES string of the molecule is CNCCC1CCN(C(=O)Cc2csc(NC(=O)c3ccccc3)n2)CC1.Cl.Cl. The van der Waals surface area contributed by atoms with Crippen LogP contribution in [-0.4, -0.2) is 48.4 Å². The van der Waals surface area contributed by atoms with Gasteiger partial charge in [0.25, 0.3) is 5.91 Å². The maximum Gasteiger partial charge on any atom is 0.257 e. The highest BCUT2D eigenvalue weighted by Gasteiger charge is 2.23. The number of hydrogen-bond donors (Lipinski definition) is 2. The zero-order valence-corrected chi connectivity index (χ0v) is 18.9. The summed E-state index contributed by atoms with van der Waals surface area (Å²) in [6.07, 6.45) is 3.61. The lowest BCUT2D eigenvalue weighted by atomic mass is 9.93. The number of piperidine rings is 1. The molecule has 2 aromatic rings. The molecule has 1 aliphatic rings. The summed E-state index contributed by atoms with van der Waals surface area (Å²) in [6.45, 7) is 2.69. The number of likely N-dealkylation sites (tertiary alicyclic amines) is 1. The number of thiazole rings is 1. The van der Waals surface area contributed by atoms with Crippen molar-refractivity contribution in [3.05, 3.63) is 47.0 Å². The van der Waals surface area contributed by atoms with Crippen molar-refractivity contribution >= 4 is 53.1 Å². The summed E-state index contributed by atoms with van der Waals surface area (Å²) in [5.74, 6) is 0.639. The van der Waals surface area contributed by atoms with Gasteiger partial charge in [-0.25, -0.2) is 4.98 Å². The van der Waals surface area contributed by atoms with Crippen LogP contribution in [0.2, 0.25) is 0 Å². The largest absolute Gasteiger partial charge is 0.342 e. The minimum absolute atomic E-state index is 0. The molecule has 3 rings (SSSR count).